The van der Waals surface area contributed by atoms with E-state index in [1.165, 1.54) is 22.8 Å². The van der Waals surface area contributed by atoms with E-state index < -0.39 is 12.1 Å². The number of Topliss-reactive ketones (excluding diaryl/α,β-unsaturated/α-hetero) is 1. The monoisotopic (exact) mass is 449 g/mol. The number of rotatable bonds is 7. The van der Waals surface area contributed by atoms with E-state index in [0.717, 1.165) is 11.6 Å². The van der Waals surface area contributed by atoms with Gasteiger partial charge in [-0.15, -0.1) is 13.2 Å². The van der Waals surface area contributed by atoms with Crippen molar-refractivity contribution < 1.29 is 27.1 Å². The fourth-order valence-electron chi connectivity index (χ4n) is 3.44. The molecule has 1 aromatic heterocycles. The lowest BCUT2D eigenvalue weighted by molar-refractivity contribution is -0.274. The van der Waals surface area contributed by atoms with Crippen LogP contribution in [0.1, 0.15) is 46.3 Å². The van der Waals surface area contributed by atoms with E-state index in [4.69, 9.17) is 5.41 Å². The molecule has 1 atom stereocenters. The summed E-state index contributed by atoms with van der Waals surface area (Å²) >= 11 is 0. The van der Waals surface area contributed by atoms with Crippen molar-refractivity contribution in [1.29, 1.82) is 5.41 Å². The SMILES string of the molecule is Cc1cc([C@H](C)CC(=O)c2cc(Cn3ccn(C)c3=N)cc(OC(F)(F)F)c2)ccc1F. The van der Waals surface area contributed by atoms with Crippen LogP contribution in [0.15, 0.2) is 48.8 Å². The molecule has 0 saturated heterocycles. The number of carbonyl (C=O) groups is 1. The Bertz CT molecular complexity index is 1190. The number of hydrogen-bond donors (Lipinski definition) is 1. The molecule has 1 heterocycles. The number of benzene rings is 2. The summed E-state index contributed by atoms with van der Waals surface area (Å²) in [6, 6.07) is 8.36. The predicted molar refractivity (Wildman–Crippen MR) is 110 cm³/mol. The molecular formula is C23H23F4N3O2. The summed E-state index contributed by atoms with van der Waals surface area (Å²) in [6.07, 6.45) is -1.60. The van der Waals surface area contributed by atoms with Crippen LogP contribution in [0.2, 0.25) is 0 Å². The highest BCUT2D eigenvalue weighted by Crippen LogP contribution is 2.28. The van der Waals surface area contributed by atoms with E-state index in [1.54, 1.807) is 50.0 Å². The summed E-state index contributed by atoms with van der Waals surface area (Å²) in [6.45, 7) is 3.52. The summed E-state index contributed by atoms with van der Waals surface area (Å²) in [7, 11) is 1.68. The fourth-order valence-corrected chi connectivity index (χ4v) is 3.44. The normalized spacial score (nSPS) is 12.6. The number of aryl methyl sites for hydroxylation is 2. The third kappa shape index (κ3) is 5.66. The first-order valence-electron chi connectivity index (χ1n) is 9.88. The molecule has 32 heavy (non-hydrogen) atoms. The molecular weight excluding hydrogens is 426 g/mol. The number of ketones is 1. The minimum Gasteiger partial charge on any atom is -0.406 e. The first-order chi connectivity index (χ1) is 14.9. The first-order valence-corrected chi connectivity index (χ1v) is 9.88. The van der Waals surface area contributed by atoms with Crippen molar-refractivity contribution in [1.82, 2.24) is 9.13 Å². The first kappa shape index (κ1) is 23.3. The van der Waals surface area contributed by atoms with Gasteiger partial charge in [-0.2, -0.15) is 0 Å². The second-order valence-electron chi connectivity index (χ2n) is 7.81. The molecule has 2 aromatic carbocycles. The molecule has 0 amide bonds. The van der Waals surface area contributed by atoms with Crippen molar-refractivity contribution in [2.75, 3.05) is 0 Å². The van der Waals surface area contributed by atoms with Gasteiger partial charge in [-0.05, 0) is 53.8 Å². The van der Waals surface area contributed by atoms with Crippen LogP contribution in [0.5, 0.6) is 5.75 Å². The molecule has 0 unspecified atom stereocenters. The number of halogens is 4. The van der Waals surface area contributed by atoms with E-state index in [0.29, 0.717) is 11.1 Å². The van der Waals surface area contributed by atoms with Crippen molar-refractivity contribution in [3.8, 4) is 5.75 Å². The Morgan fingerprint density at radius 2 is 1.88 bits per heavy atom. The van der Waals surface area contributed by atoms with Crippen LogP contribution in [0, 0.1) is 18.2 Å². The van der Waals surface area contributed by atoms with Gasteiger partial charge in [-0.1, -0.05) is 19.1 Å². The average Bonchev–Trinajstić information content (AvgIpc) is 3.00. The lowest BCUT2D eigenvalue weighted by atomic mass is 9.91. The number of carbonyl (C=O) groups excluding carboxylic acids is 1. The minimum atomic E-state index is -4.90. The van der Waals surface area contributed by atoms with Gasteiger partial charge in [0.1, 0.15) is 11.6 Å². The molecule has 0 aliphatic rings. The zero-order valence-electron chi connectivity index (χ0n) is 17.8. The van der Waals surface area contributed by atoms with Crippen LogP contribution in [-0.2, 0) is 13.6 Å². The molecule has 3 aromatic rings. The number of imidazole rings is 1. The highest BCUT2D eigenvalue weighted by Gasteiger charge is 2.31. The van der Waals surface area contributed by atoms with Crippen molar-refractivity contribution in [3.05, 3.63) is 82.5 Å². The topological polar surface area (TPSA) is 60.0 Å². The maximum absolute atomic E-state index is 13.5. The fraction of sp³-hybridized carbons (Fsp3) is 0.304. The van der Waals surface area contributed by atoms with Crippen LogP contribution >= 0.6 is 0 Å². The van der Waals surface area contributed by atoms with Gasteiger partial charge in [0, 0.05) is 31.4 Å². The minimum absolute atomic E-state index is 0.0299. The molecule has 9 heteroatoms. The molecule has 0 radical (unpaired) electrons. The second kappa shape index (κ2) is 9.02. The largest absolute Gasteiger partial charge is 0.573 e. The summed E-state index contributed by atoms with van der Waals surface area (Å²) < 4.78 is 59.2. The highest BCUT2D eigenvalue weighted by molar-refractivity contribution is 5.97. The molecule has 1 N–H and O–H groups in total. The maximum Gasteiger partial charge on any atom is 0.573 e. The van der Waals surface area contributed by atoms with Gasteiger partial charge in [0.25, 0.3) is 0 Å². The van der Waals surface area contributed by atoms with E-state index in [1.807, 2.05) is 0 Å². The summed E-state index contributed by atoms with van der Waals surface area (Å²) in [5.41, 5.74) is 1.84. The molecule has 0 saturated carbocycles. The number of aromatic nitrogens is 2. The Morgan fingerprint density at radius 1 is 1.16 bits per heavy atom. The Morgan fingerprint density at radius 3 is 2.47 bits per heavy atom. The van der Waals surface area contributed by atoms with Crippen LogP contribution in [0.4, 0.5) is 17.6 Å². The lowest BCUT2D eigenvalue weighted by Crippen LogP contribution is -2.23. The summed E-state index contributed by atoms with van der Waals surface area (Å²) in [5.74, 6) is -1.47. The smallest absolute Gasteiger partial charge is 0.406 e. The van der Waals surface area contributed by atoms with Crippen molar-refractivity contribution in [2.24, 2.45) is 7.05 Å². The third-order valence-electron chi connectivity index (χ3n) is 5.19. The van der Waals surface area contributed by atoms with Crippen molar-refractivity contribution in [2.45, 2.75) is 39.1 Å². The van der Waals surface area contributed by atoms with Gasteiger partial charge in [-0.3, -0.25) is 10.2 Å². The second-order valence-corrected chi connectivity index (χ2v) is 7.81. The quantitative estimate of drug-likeness (QED) is 0.404. The van der Waals surface area contributed by atoms with E-state index in [9.17, 15) is 22.4 Å². The van der Waals surface area contributed by atoms with Gasteiger partial charge in [0.05, 0.1) is 6.54 Å². The van der Waals surface area contributed by atoms with Gasteiger partial charge in [0.15, 0.2) is 5.78 Å². The third-order valence-corrected chi connectivity index (χ3v) is 5.19. The zero-order valence-corrected chi connectivity index (χ0v) is 17.8. The Kier molecular flexibility index (Phi) is 6.57. The lowest BCUT2D eigenvalue weighted by Gasteiger charge is -2.15. The molecule has 3 rings (SSSR count). The molecule has 0 aliphatic heterocycles. The molecule has 0 fully saturated rings. The van der Waals surface area contributed by atoms with Gasteiger partial charge in [-0.25, -0.2) is 4.39 Å². The Labute approximate surface area is 182 Å². The highest BCUT2D eigenvalue weighted by atomic mass is 19.4. The van der Waals surface area contributed by atoms with Crippen molar-refractivity contribution >= 4 is 5.78 Å². The number of nitrogens with zero attached hydrogens (tertiary/aromatic N) is 2. The average molecular weight is 449 g/mol. The van der Waals surface area contributed by atoms with Gasteiger partial charge < -0.3 is 13.9 Å². The molecule has 0 spiro atoms. The number of alkyl halides is 3. The Balaban J connectivity index is 1.89. The summed E-state index contributed by atoms with van der Waals surface area (Å²) in [5, 5.41) is 8.00. The van der Waals surface area contributed by atoms with E-state index in [2.05, 4.69) is 4.74 Å². The standard InChI is InChI=1S/C23H23F4N3O2/c1-14(17-4-5-20(24)15(2)8-17)9-21(31)18-10-16(11-19(12-18)32-23(25,26)27)13-30-7-6-29(3)22(30)28/h4-8,10-12,14,28H,9,13H2,1-3H3/t14-/m1/s1. The maximum atomic E-state index is 13.5. The molecule has 170 valence electrons. The van der Waals surface area contributed by atoms with Crippen LogP contribution < -0.4 is 10.4 Å². The van der Waals surface area contributed by atoms with Crippen LogP contribution in [0.3, 0.4) is 0 Å². The predicted octanol–water partition coefficient (Wildman–Crippen LogP) is 5.08. The van der Waals surface area contributed by atoms with Gasteiger partial charge >= 0.3 is 6.36 Å². The summed E-state index contributed by atoms with van der Waals surface area (Å²) in [4.78, 5) is 12.9. The Hall–Kier alpha value is -3.36. The zero-order chi connectivity index (χ0) is 23.6. The van der Waals surface area contributed by atoms with Crippen LogP contribution in [0.25, 0.3) is 0 Å². The molecule has 0 bridgehead atoms. The van der Waals surface area contributed by atoms with Crippen LogP contribution in [-0.4, -0.2) is 21.3 Å². The number of ether oxygens (including phenoxy) is 1. The molecule has 0 aliphatic carbocycles. The van der Waals surface area contributed by atoms with E-state index in [-0.39, 0.29) is 41.7 Å². The van der Waals surface area contributed by atoms with E-state index >= 15 is 0 Å². The number of hydrogen-bond acceptors (Lipinski definition) is 3. The van der Waals surface area contributed by atoms with Gasteiger partial charge in [0.2, 0.25) is 5.62 Å². The number of nitrogens with one attached hydrogen (secondary N) is 1. The molecule has 5 nitrogen and oxygen atoms in total. The van der Waals surface area contributed by atoms with Crippen molar-refractivity contribution in [3.63, 3.8) is 0 Å².